The molecular weight excluding hydrogens is 388 g/mol. The first-order valence-electron chi connectivity index (χ1n) is 8.58. The lowest BCUT2D eigenvalue weighted by atomic mass is 10.1. The fourth-order valence-corrected chi connectivity index (χ4v) is 3.78. The Kier molecular flexibility index (Phi) is 8.28. The van der Waals surface area contributed by atoms with Crippen LogP contribution in [0.3, 0.4) is 0 Å². The van der Waals surface area contributed by atoms with Gasteiger partial charge in [0.15, 0.2) is 6.61 Å². The maximum Gasteiger partial charge on any atom is 0.341 e. The van der Waals surface area contributed by atoms with Crippen molar-refractivity contribution in [1.82, 2.24) is 0 Å². The number of carbonyl (C=O) groups is 1. The number of aromatic hydroxyl groups is 1. The van der Waals surface area contributed by atoms with Crippen molar-refractivity contribution < 1.29 is 24.5 Å². The molecule has 0 amide bonds. The van der Waals surface area contributed by atoms with Crippen molar-refractivity contribution in [2.24, 2.45) is 0 Å². The van der Waals surface area contributed by atoms with Crippen LogP contribution in [-0.4, -0.2) is 35.1 Å². The van der Waals surface area contributed by atoms with Crippen LogP contribution < -0.4 is 4.74 Å². The van der Waals surface area contributed by atoms with Crippen molar-refractivity contribution in [3.8, 4) is 11.5 Å². The molecule has 2 aromatic rings. The van der Waals surface area contributed by atoms with E-state index < -0.39 is 5.97 Å². The molecule has 2 N–H and O–H groups in total. The average molecular weight is 411 g/mol. The maximum absolute atomic E-state index is 10.6. The normalized spacial score (nSPS) is 12.0. The summed E-state index contributed by atoms with van der Waals surface area (Å²) in [6.45, 7) is 3.98. The molecule has 0 aromatic heterocycles. The summed E-state index contributed by atoms with van der Waals surface area (Å²) in [5.74, 6) is 0.529. The fourth-order valence-electron chi connectivity index (χ4n) is 2.61. The summed E-state index contributed by atoms with van der Waals surface area (Å²) in [6.07, 6.45) is 0.475. The molecule has 2 aromatic carbocycles. The molecule has 146 valence electrons. The van der Waals surface area contributed by atoms with Gasteiger partial charge in [-0.3, -0.25) is 0 Å². The van der Waals surface area contributed by atoms with Gasteiger partial charge in [0.1, 0.15) is 11.5 Å². The molecule has 0 bridgehead atoms. The highest BCUT2D eigenvalue weighted by atomic mass is 35.5. The monoisotopic (exact) mass is 410 g/mol. The van der Waals surface area contributed by atoms with Crippen LogP contribution in [0.25, 0.3) is 0 Å². The van der Waals surface area contributed by atoms with E-state index in [1.165, 1.54) is 0 Å². The lowest BCUT2D eigenvalue weighted by molar-refractivity contribution is -0.139. The largest absolute Gasteiger partial charge is 0.508 e. The lowest BCUT2D eigenvalue weighted by Crippen LogP contribution is -2.10. The topological polar surface area (TPSA) is 76.0 Å². The van der Waals surface area contributed by atoms with Gasteiger partial charge in [0, 0.05) is 27.8 Å². The number of hydrogen-bond acceptors (Lipinski definition) is 5. The van der Waals surface area contributed by atoms with E-state index in [9.17, 15) is 9.90 Å². The molecule has 0 fully saturated rings. The average Bonchev–Trinajstić information content (AvgIpc) is 2.62. The molecule has 0 spiro atoms. The van der Waals surface area contributed by atoms with E-state index in [1.807, 2.05) is 26.0 Å². The van der Waals surface area contributed by atoms with Gasteiger partial charge in [-0.15, -0.1) is 11.8 Å². The third-order valence-corrected chi connectivity index (χ3v) is 5.11. The zero-order valence-corrected chi connectivity index (χ0v) is 16.8. The van der Waals surface area contributed by atoms with Crippen LogP contribution in [0.4, 0.5) is 0 Å². The Hall–Kier alpha value is -1.89. The molecule has 5 nitrogen and oxygen atoms in total. The van der Waals surface area contributed by atoms with Crippen molar-refractivity contribution in [3.05, 3.63) is 52.5 Å². The number of carboxylic acids is 1. The van der Waals surface area contributed by atoms with E-state index in [1.54, 1.807) is 36.0 Å². The van der Waals surface area contributed by atoms with Gasteiger partial charge in [-0.2, -0.15) is 0 Å². The summed E-state index contributed by atoms with van der Waals surface area (Å²) in [5, 5.41) is 19.4. The van der Waals surface area contributed by atoms with E-state index in [-0.39, 0.29) is 18.5 Å². The van der Waals surface area contributed by atoms with Crippen LogP contribution in [0.2, 0.25) is 5.02 Å². The second kappa shape index (κ2) is 10.4. The number of rotatable bonds is 10. The van der Waals surface area contributed by atoms with Gasteiger partial charge in [0.25, 0.3) is 0 Å². The van der Waals surface area contributed by atoms with Gasteiger partial charge in [-0.05, 0) is 62.2 Å². The van der Waals surface area contributed by atoms with Gasteiger partial charge in [0.05, 0.1) is 6.10 Å². The highest BCUT2D eigenvalue weighted by Crippen LogP contribution is 2.34. The number of hydrogen-bond donors (Lipinski definition) is 2. The zero-order chi connectivity index (χ0) is 19.8. The molecule has 1 atom stereocenters. The predicted molar refractivity (Wildman–Crippen MR) is 107 cm³/mol. The van der Waals surface area contributed by atoms with Crippen LogP contribution in [0.5, 0.6) is 11.5 Å². The quantitative estimate of drug-likeness (QED) is 0.532. The minimum atomic E-state index is -1.00. The fraction of sp³-hybridized carbons (Fsp3) is 0.350. The number of thioether (sulfide) groups is 1. The number of phenols is 1. The summed E-state index contributed by atoms with van der Waals surface area (Å²) in [5.41, 5.74) is 1.58. The minimum Gasteiger partial charge on any atom is -0.508 e. The van der Waals surface area contributed by atoms with Gasteiger partial charge < -0.3 is 19.7 Å². The Morgan fingerprint density at radius 2 is 2.04 bits per heavy atom. The van der Waals surface area contributed by atoms with Gasteiger partial charge in [0.2, 0.25) is 0 Å². The first kappa shape index (κ1) is 21.4. The van der Waals surface area contributed by atoms with Crippen molar-refractivity contribution >= 4 is 29.3 Å². The Morgan fingerprint density at radius 1 is 1.26 bits per heavy atom. The van der Waals surface area contributed by atoms with E-state index in [0.29, 0.717) is 29.4 Å². The highest BCUT2D eigenvalue weighted by molar-refractivity contribution is 7.99. The van der Waals surface area contributed by atoms with Crippen LogP contribution in [-0.2, 0) is 9.53 Å². The number of ether oxygens (including phenoxy) is 2. The molecule has 0 saturated carbocycles. The van der Waals surface area contributed by atoms with Gasteiger partial charge in [-0.25, -0.2) is 4.79 Å². The summed E-state index contributed by atoms with van der Waals surface area (Å²) < 4.78 is 11.0. The third-order valence-electron chi connectivity index (χ3n) is 3.85. The van der Waals surface area contributed by atoms with Gasteiger partial charge >= 0.3 is 5.97 Å². The molecule has 2 rings (SSSR count). The summed E-state index contributed by atoms with van der Waals surface area (Å²) in [7, 11) is 0. The second-order valence-corrected chi connectivity index (χ2v) is 7.50. The predicted octanol–water partition coefficient (Wildman–Crippen LogP) is 5.08. The van der Waals surface area contributed by atoms with Crippen molar-refractivity contribution in [3.63, 3.8) is 0 Å². The van der Waals surface area contributed by atoms with E-state index in [2.05, 4.69) is 0 Å². The van der Waals surface area contributed by atoms with E-state index in [0.717, 1.165) is 16.2 Å². The van der Waals surface area contributed by atoms with Crippen molar-refractivity contribution in [2.75, 3.05) is 19.0 Å². The Labute approximate surface area is 168 Å². The van der Waals surface area contributed by atoms with Crippen LogP contribution >= 0.6 is 23.4 Å². The summed E-state index contributed by atoms with van der Waals surface area (Å²) in [4.78, 5) is 11.7. The van der Waals surface area contributed by atoms with Crippen LogP contribution in [0.15, 0.2) is 41.3 Å². The molecule has 27 heavy (non-hydrogen) atoms. The Bertz CT molecular complexity index is 781. The van der Waals surface area contributed by atoms with Crippen LogP contribution in [0, 0.1) is 6.92 Å². The van der Waals surface area contributed by atoms with Crippen molar-refractivity contribution in [1.29, 1.82) is 0 Å². The highest BCUT2D eigenvalue weighted by Gasteiger charge is 2.16. The summed E-state index contributed by atoms with van der Waals surface area (Å²) >= 11 is 7.71. The lowest BCUT2D eigenvalue weighted by Gasteiger charge is -2.19. The second-order valence-electron chi connectivity index (χ2n) is 5.89. The Balaban J connectivity index is 1.97. The van der Waals surface area contributed by atoms with Crippen LogP contribution in [0.1, 0.15) is 30.6 Å². The maximum atomic E-state index is 10.6. The standard InChI is InChI=1S/C20H23ClO5S/c1-3-25-19(16-11-14(21)4-6-17(16)22)8-9-27-15-5-7-18(13(2)10-15)26-12-20(23)24/h4-7,10-11,19,22H,3,8-9,12H2,1-2H3,(H,23,24). The smallest absolute Gasteiger partial charge is 0.341 e. The number of aryl methyl sites for hydroxylation is 1. The SMILES string of the molecule is CCOC(CCSc1ccc(OCC(=O)O)c(C)c1)c1cc(Cl)ccc1O. The molecule has 0 aliphatic rings. The van der Waals surface area contributed by atoms with E-state index in [4.69, 9.17) is 26.2 Å². The van der Waals surface area contributed by atoms with Crippen molar-refractivity contribution in [2.45, 2.75) is 31.3 Å². The Morgan fingerprint density at radius 3 is 2.70 bits per heavy atom. The minimum absolute atomic E-state index is 0.179. The molecule has 0 heterocycles. The number of halogens is 1. The number of benzene rings is 2. The first-order valence-corrected chi connectivity index (χ1v) is 9.95. The van der Waals surface area contributed by atoms with Gasteiger partial charge in [-0.1, -0.05) is 11.6 Å². The first-order chi connectivity index (χ1) is 12.9. The number of phenolic OH excluding ortho intramolecular Hbond substituents is 1. The molecule has 0 radical (unpaired) electrons. The molecular formula is C20H23ClO5S. The molecule has 7 heteroatoms. The third kappa shape index (κ3) is 6.65. The molecule has 0 saturated heterocycles. The zero-order valence-electron chi connectivity index (χ0n) is 15.3. The summed E-state index contributed by atoms with van der Waals surface area (Å²) in [6, 6.07) is 10.6. The number of carboxylic acid groups (broad SMARTS) is 1. The molecule has 0 aliphatic carbocycles. The molecule has 0 aliphatic heterocycles. The van der Waals surface area contributed by atoms with E-state index >= 15 is 0 Å². The number of aliphatic carboxylic acids is 1. The molecule has 1 unspecified atom stereocenters.